The summed E-state index contributed by atoms with van der Waals surface area (Å²) in [7, 11) is 0. The first-order chi connectivity index (χ1) is 9.61. The van der Waals surface area contributed by atoms with Gasteiger partial charge in [0.2, 0.25) is 0 Å². The minimum Gasteiger partial charge on any atom is -0.391 e. The average molecular weight is 300 g/mol. The fourth-order valence-corrected chi connectivity index (χ4v) is 1.35. The molecule has 0 spiro atoms. The van der Waals surface area contributed by atoms with Gasteiger partial charge in [-0.2, -0.15) is 0 Å². The van der Waals surface area contributed by atoms with Crippen LogP contribution in [0, 0.1) is 17.0 Å². The van der Waals surface area contributed by atoms with E-state index in [1.165, 1.54) is 0 Å². The van der Waals surface area contributed by atoms with E-state index in [0.717, 1.165) is 18.2 Å². The van der Waals surface area contributed by atoms with Gasteiger partial charge in [-0.3, -0.25) is 9.59 Å². The second kappa shape index (κ2) is 6.62. The maximum absolute atomic E-state index is 13.3. The summed E-state index contributed by atoms with van der Waals surface area (Å²) in [6.07, 6.45) is -0.847. The van der Waals surface area contributed by atoms with E-state index in [9.17, 15) is 23.5 Å². The molecule has 0 aliphatic rings. The zero-order valence-electron chi connectivity index (χ0n) is 12.0. The van der Waals surface area contributed by atoms with Crippen molar-refractivity contribution in [2.75, 3.05) is 11.9 Å². The molecule has 0 heterocycles. The number of anilines is 1. The van der Waals surface area contributed by atoms with Crippen LogP contribution in [0.15, 0.2) is 18.2 Å². The summed E-state index contributed by atoms with van der Waals surface area (Å²) in [6, 6.07) is 2.50. The molecule has 0 saturated heterocycles. The number of aliphatic hydroxyl groups is 1. The Hall–Kier alpha value is -2.02. The lowest BCUT2D eigenvalue weighted by atomic mass is 9.89. The molecule has 3 N–H and O–H groups in total. The Kier molecular flexibility index (Phi) is 5.37. The Morgan fingerprint density at radius 1 is 1.24 bits per heavy atom. The molecule has 0 aromatic heterocycles. The van der Waals surface area contributed by atoms with Gasteiger partial charge in [0.1, 0.15) is 11.6 Å². The summed E-state index contributed by atoms with van der Waals surface area (Å²) in [5.74, 6) is -3.77. The lowest BCUT2D eigenvalue weighted by Crippen LogP contribution is -2.43. The number of hydrogen-bond donors (Lipinski definition) is 3. The Morgan fingerprint density at radius 3 is 2.43 bits per heavy atom. The van der Waals surface area contributed by atoms with E-state index in [4.69, 9.17) is 0 Å². The molecule has 1 aromatic rings. The number of hydrogen-bond acceptors (Lipinski definition) is 3. The van der Waals surface area contributed by atoms with Crippen LogP contribution < -0.4 is 10.6 Å². The van der Waals surface area contributed by atoms with Crippen molar-refractivity contribution in [3.8, 4) is 0 Å². The number of carbonyl (C=O) groups is 2. The highest BCUT2D eigenvalue weighted by Gasteiger charge is 2.24. The molecule has 116 valence electrons. The minimum atomic E-state index is -1.14. The third-order valence-electron chi connectivity index (χ3n) is 2.84. The molecular weight excluding hydrogens is 282 g/mol. The zero-order chi connectivity index (χ0) is 16.2. The van der Waals surface area contributed by atoms with Crippen molar-refractivity contribution < 1.29 is 23.5 Å². The van der Waals surface area contributed by atoms with Gasteiger partial charge in [-0.15, -0.1) is 0 Å². The van der Waals surface area contributed by atoms with Gasteiger partial charge in [-0.1, -0.05) is 20.8 Å². The molecule has 0 fully saturated rings. The van der Waals surface area contributed by atoms with Crippen LogP contribution in [0.1, 0.15) is 20.8 Å². The molecule has 1 aromatic carbocycles. The van der Waals surface area contributed by atoms with E-state index in [0.29, 0.717) is 0 Å². The maximum Gasteiger partial charge on any atom is 0.313 e. The molecule has 0 aliphatic heterocycles. The monoisotopic (exact) mass is 300 g/mol. The van der Waals surface area contributed by atoms with Crippen LogP contribution in [0.3, 0.4) is 0 Å². The van der Waals surface area contributed by atoms with Crippen LogP contribution >= 0.6 is 0 Å². The Labute approximate surface area is 121 Å². The molecule has 5 nitrogen and oxygen atoms in total. The summed E-state index contributed by atoms with van der Waals surface area (Å²) in [6.45, 7) is 5.19. The molecular formula is C14H18F2N2O3. The topological polar surface area (TPSA) is 78.4 Å². The van der Waals surface area contributed by atoms with Gasteiger partial charge in [-0.05, 0) is 17.5 Å². The number of aliphatic hydroxyl groups excluding tert-OH is 1. The number of carbonyl (C=O) groups excluding carboxylic acids is 2. The van der Waals surface area contributed by atoms with Crippen molar-refractivity contribution in [2.45, 2.75) is 26.9 Å². The van der Waals surface area contributed by atoms with E-state index >= 15 is 0 Å². The van der Waals surface area contributed by atoms with E-state index in [1.54, 1.807) is 20.8 Å². The molecule has 7 heteroatoms. The van der Waals surface area contributed by atoms with Gasteiger partial charge in [0.15, 0.2) is 0 Å². The third kappa shape index (κ3) is 5.11. The van der Waals surface area contributed by atoms with Gasteiger partial charge < -0.3 is 15.7 Å². The lowest BCUT2D eigenvalue weighted by Gasteiger charge is -2.25. The van der Waals surface area contributed by atoms with Gasteiger partial charge in [0.05, 0.1) is 11.8 Å². The van der Waals surface area contributed by atoms with E-state index in [-0.39, 0.29) is 6.54 Å². The molecule has 0 bridgehead atoms. The molecule has 1 rings (SSSR count). The molecule has 21 heavy (non-hydrogen) atoms. The smallest absolute Gasteiger partial charge is 0.313 e. The first-order valence-electron chi connectivity index (χ1n) is 6.33. The summed E-state index contributed by atoms with van der Waals surface area (Å²) in [5, 5.41) is 13.9. The predicted octanol–water partition coefficient (Wildman–Crippen LogP) is 1.43. The number of amides is 2. The van der Waals surface area contributed by atoms with Crippen molar-refractivity contribution >= 4 is 17.5 Å². The standard InChI is InChI=1S/C14H18F2N2O3/c1-14(2,3)11(19)7-17-12(20)13(21)18-10-6-8(15)4-5-9(10)16/h4-6,11,19H,7H2,1-3H3,(H,17,20)(H,18,21)/t11-/m1/s1. The molecule has 0 aliphatic carbocycles. The van der Waals surface area contributed by atoms with Crippen molar-refractivity contribution in [1.29, 1.82) is 0 Å². The number of benzene rings is 1. The van der Waals surface area contributed by atoms with Crippen molar-refractivity contribution in [2.24, 2.45) is 5.41 Å². The first-order valence-corrected chi connectivity index (χ1v) is 6.33. The summed E-state index contributed by atoms with van der Waals surface area (Å²) < 4.78 is 26.2. The van der Waals surface area contributed by atoms with E-state index < -0.39 is 40.7 Å². The van der Waals surface area contributed by atoms with Crippen LogP contribution in [0.4, 0.5) is 14.5 Å². The summed E-state index contributed by atoms with van der Waals surface area (Å²) >= 11 is 0. The Balaban J connectivity index is 2.60. The predicted molar refractivity (Wildman–Crippen MR) is 73.5 cm³/mol. The fraction of sp³-hybridized carbons (Fsp3) is 0.429. The Morgan fingerprint density at radius 2 is 1.86 bits per heavy atom. The summed E-state index contributed by atoms with van der Waals surface area (Å²) in [5.41, 5.74) is -0.884. The van der Waals surface area contributed by atoms with E-state index in [2.05, 4.69) is 5.32 Å². The van der Waals surface area contributed by atoms with Crippen LogP contribution in [-0.4, -0.2) is 29.6 Å². The van der Waals surface area contributed by atoms with Gasteiger partial charge in [0, 0.05) is 12.6 Å². The van der Waals surface area contributed by atoms with Gasteiger partial charge in [-0.25, -0.2) is 8.78 Å². The van der Waals surface area contributed by atoms with Gasteiger partial charge in [0.25, 0.3) is 0 Å². The SMILES string of the molecule is CC(C)(C)[C@H](O)CNC(=O)C(=O)Nc1cc(F)ccc1F. The highest BCUT2D eigenvalue weighted by molar-refractivity contribution is 6.39. The van der Waals surface area contributed by atoms with Crippen LogP contribution in [0.5, 0.6) is 0 Å². The second-order valence-corrected chi connectivity index (χ2v) is 5.67. The van der Waals surface area contributed by atoms with Crippen molar-refractivity contribution in [3.05, 3.63) is 29.8 Å². The number of nitrogens with one attached hydrogen (secondary N) is 2. The lowest BCUT2D eigenvalue weighted by molar-refractivity contribution is -0.136. The summed E-state index contributed by atoms with van der Waals surface area (Å²) in [4.78, 5) is 23.1. The highest BCUT2D eigenvalue weighted by Crippen LogP contribution is 2.18. The van der Waals surface area contributed by atoms with Crippen molar-refractivity contribution in [3.63, 3.8) is 0 Å². The molecule has 0 radical (unpaired) electrons. The minimum absolute atomic E-state index is 0.124. The fourth-order valence-electron chi connectivity index (χ4n) is 1.35. The quantitative estimate of drug-likeness (QED) is 0.739. The van der Waals surface area contributed by atoms with Gasteiger partial charge >= 0.3 is 11.8 Å². The third-order valence-corrected chi connectivity index (χ3v) is 2.84. The Bertz CT molecular complexity index is 542. The second-order valence-electron chi connectivity index (χ2n) is 5.67. The number of halogens is 2. The highest BCUT2D eigenvalue weighted by atomic mass is 19.1. The molecule has 0 saturated carbocycles. The normalized spacial score (nSPS) is 12.7. The molecule has 1 atom stereocenters. The van der Waals surface area contributed by atoms with Crippen LogP contribution in [-0.2, 0) is 9.59 Å². The number of rotatable bonds is 3. The average Bonchev–Trinajstić information content (AvgIpc) is 2.38. The molecule has 0 unspecified atom stereocenters. The first kappa shape index (κ1) is 17.0. The maximum atomic E-state index is 13.3. The van der Waals surface area contributed by atoms with Crippen LogP contribution in [0.2, 0.25) is 0 Å². The van der Waals surface area contributed by atoms with Crippen LogP contribution in [0.25, 0.3) is 0 Å². The molecule has 2 amide bonds. The largest absolute Gasteiger partial charge is 0.391 e. The zero-order valence-corrected chi connectivity index (χ0v) is 12.0. The van der Waals surface area contributed by atoms with Crippen molar-refractivity contribution in [1.82, 2.24) is 5.32 Å². The van der Waals surface area contributed by atoms with E-state index in [1.807, 2.05) is 5.32 Å².